The highest BCUT2D eigenvalue weighted by Gasteiger charge is 2.52. The lowest BCUT2D eigenvalue weighted by Crippen LogP contribution is -2.65. The fourth-order valence-electron chi connectivity index (χ4n) is 15.1. The average molecular weight is 1840 g/mol. The second-order valence-electron chi connectivity index (χ2n) is 31.4. The molecular weight excluding hydrogens is 1750 g/mol. The molecule has 11 bridgehead atoms. The number of carbonyl (C=O) groups is 10. The summed E-state index contributed by atoms with van der Waals surface area (Å²) in [5.74, 6) is -17.2. The second kappa shape index (κ2) is 40.2. The van der Waals surface area contributed by atoms with Gasteiger partial charge in [-0.05, 0) is 139 Å². The molecule has 14 rings (SSSR count). The quantitative estimate of drug-likeness (QED) is 0.0457. The van der Waals surface area contributed by atoms with Gasteiger partial charge in [0.15, 0.2) is 23.9 Å². The summed E-state index contributed by atoms with van der Waals surface area (Å²) in [6.45, 7) is 6.99. The van der Waals surface area contributed by atoms with Crippen molar-refractivity contribution in [2.45, 2.75) is 183 Å². The normalized spacial score (nSPS) is 25.7. The Balaban J connectivity index is 1.000. The Hall–Kier alpha value is -11.6. The number of aromatic hydroxyl groups is 3. The smallest absolute Gasteiger partial charge is 0.349 e. The van der Waals surface area contributed by atoms with E-state index in [-0.39, 0.29) is 83.0 Å². The van der Waals surface area contributed by atoms with Crippen LogP contribution < -0.4 is 84.3 Å². The van der Waals surface area contributed by atoms with Crippen LogP contribution >= 0.6 is 46.4 Å². The summed E-state index contributed by atoms with van der Waals surface area (Å²) in [5, 5.41) is 130. The summed E-state index contributed by atoms with van der Waals surface area (Å²) in [7, 11) is 1.46. The van der Waals surface area contributed by atoms with Crippen LogP contribution in [0.5, 0.6) is 46.0 Å². The first-order chi connectivity index (χ1) is 60.2. The summed E-state index contributed by atoms with van der Waals surface area (Å²) >= 11 is 26.5. The van der Waals surface area contributed by atoms with Crippen LogP contribution in [0.3, 0.4) is 0 Å². The summed E-state index contributed by atoms with van der Waals surface area (Å²) < 4.78 is 40.6. The number of carbonyl (C=O) groups excluding carboxylic acids is 10. The fraction of sp³-hybridized carbons (Fsp3) is 0.398. The van der Waals surface area contributed by atoms with E-state index in [1.54, 1.807) is 26.8 Å². The molecule has 8 heterocycles. The van der Waals surface area contributed by atoms with Gasteiger partial charge in [0.05, 0.1) is 57.8 Å². The summed E-state index contributed by atoms with van der Waals surface area (Å²) in [5.41, 5.74) is 5.54. The summed E-state index contributed by atoms with van der Waals surface area (Å²) in [4.78, 5) is 163. The van der Waals surface area contributed by atoms with E-state index >= 15 is 24.0 Å². The Morgan fingerprint density at radius 3 is 1.97 bits per heavy atom. The number of ether oxygens (including phenoxy) is 6. The van der Waals surface area contributed by atoms with E-state index in [0.717, 1.165) is 66.7 Å². The minimum atomic E-state index is -2.41. The first kappa shape index (κ1) is 94.5. The lowest BCUT2D eigenvalue weighted by Gasteiger charge is -2.48. The molecule has 2 fully saturated rings. The lowest BCUT2D eigenvalue weighted by molar-refractivity contribution is -0.334. The van der Waals surface area contributed by atoms with Gasteiger partial charge in [-0.3, -0.25) is 63.4 Å². The average Bonchev–Trinajstić information content (AvgIpc) is 0.766. The highest BCUT2D eigenvalue weighted by Crippen LogP contribution is 2.50. The number of nitrogens with zero attached hydrogens (tertiary/aromatic N) is 2. The molecule has 7 aliphatic rings. The van der Waals surface area contributed by atoms with E-state index < -0.39 is 260 Å². The monoisotopic (exact) mass is 1840 g/mol. The minimum absolute atomic E-state index is 0.0462. The number of primary amides is 1. The third-order valence-corrected chi connectivity index (χ3v) is 23.1. The van der Waals surface area contributed by atoms with Gasteiger partial charge in [0.25, 0.3) is 5.91 Å². The third kappa shape index (κ3) is 21.7. The Labute approximate surface area is 742 Å². The van der Waals surface area contributed by atoms with Crippen molar-refractivity contribution in [1.29, 1.82) is 0 Å². The first-order valence-electron chi connectivity index (χ1n) is 39.8. The number of nitrogens with two attached hydrogens (primary N) is 1. The Kier molecular flexibility index (Phi) is 29.9. The number of phenolic OH excluding ortho intramolecular Hbond substituents is 3. The number of hydrogen-bond donors (Lipinski definition) is 21. The molecule has 44 heteroatoms. The number of likely N-dealkylation sites (N-methyl/N-ethyl adjacent to an activating group) is 1. The van der Waals surface area contributed by atoms with E-state index in [4.69, 9.17) is 80.6 Å². The van der Waals surface area contributed by atoms with Gasteiger partial charge in [0.1, 0.15) is 101 Å². The zero-order valence-electron chi connectivity index (χ0n) is 68.4. The van der Waals surface area contributed by atoms with Gasteiger partial charge in [0, 0.05) is 54.9 Å². The van der Waals surface area contributed by atoms with Crippen molar-refractivity contribution in [2.75, 3.05) is 25.5 Å². The number of hydrazine groups is 1. The van der Waals surface area contributed by atoms with Crippen molar-refractivity contribution >= 4 is 111 Å². The number of nitrogens with one attached hydrogen (secondary N) is 11. The number of halogens is 4. The Morgan fingerprint density at radius 1 is 0.685 bits per heavy atom. The van der Waals surface area contributed by atoms with Crippen LogP contribution in [0.4, 0.5) is 5.82 Å². The number of aromatic nitrogens is 2. The maximum Gasteiger partial charge on any atom is 0.349 e. The predicted molar refractivity (Wildman–Crippen MR) is 449 cm³/mol. The molecule has 0 unspecified atom stereocenters. The van der Waals surface area contributed by atoms with Crippen molar-refractivity contribution < 1.29 is 122 Å². The molecule has 0 radical (unpaired) electrons. The molecule has 7 aromatic rings. The van der Waals surface area contributed by atoms with Crippen molar-refractivity contribution in [3.8, 4) is 57.1 Å². The van der Waals surface area contributed by atoms with Crippen LogP contribution in [-0.4, -0.2) is 214 Å². The van der Waals surface area contributed by atoms with E-state index in [0.29, 0.717) is 5.56 Å². The number of anilines is 1. The van der Waals surface area contributed by atoms with E-state index in [9.17, 15) is 74.7 Å². The van der Waals surface area contributed by atoms with Gasteiger partial charge in [-0.2, -0.15) is 4.98 Å². The molecule has 18 atom stereocenters. The molecule has 2 saturated heterocycles. The Morgan fingerprint density at radius 2 is 1.34 bits per heavy atom. The SMILES string of the molecule is CCC(=O)NNC(=O)[C@@H]1NC(=O)[C@H]2NC(=O)[C@H](NC(=O)[C@@H]3NC(=O)[C@H](CC(N)=O)NC(=O)[C@H](NC(=O)[C@@H](CC(C)C)NC)[C@H](O)c4ccc(c(Cl)c4)Oc4cc3cc(c4O[C@@H]3O[C@H](CO)[C@@H](O)[C@H](O)[C@H]3O[C@H]3C[C@](C)(NCCn4ccc(NC(=O)Cc5ccc(Cl)c(Cl)c5)nc4=O)[C@H](O)[C@H](C)O3)Oc3ccc(cc3Cl)[C@H]2O)c2ccc(O)c(c2)-c2c(O)cc(O)cc21. The van der Waals surface area contributed by atoms with Gasteiger partial charge in [-0.1, -0.05) is 91.4 Å². The predicted octanol–water partition coefficient (Wildman–Crippen LogP) is 1.95. The number of aliphatic hydroxyl groups excluding tert-OH is 6. The van der Waals surface area contributed by atoms with Crippen LogP contribution in [0.2, 0.25) is 20.1 Å². The molecule has 678 valence electrons. The first-order valence-corrected chi connectivity index (χ1v) is 41.3. The highest BCUT2D eigenvalue weighted by molar-refractivity contribution is 6.42. The van der Waals surface area contributed by atoms with E-state index in [1.165, 1.54) is 62.0 Å². The molecule has 10 amide bonds. The van der Waals surface area contributed by atoms with Crippen LogP contribution in [0.1, 0.15) is 124 Å². The van der Waals surface area contributed by atoms with Crippen molar-refractivity contribution in [3.05, 3.63) is 173 Å². The van der Waals surface area contributed by atoms with E-state index in [1.807, 2.05) is 0 Å². The van der Waals surface area contributed by atoms with Crippen LogP contribution in [0.15, 0.2) is 114 Å². The maximum absolute atomic E-state index is 16.3. The van der Waals surface area contributed by atoms with Crippen molar-refractivity contribution in [3.63, 3.8) is 0 Å². The zero-order chi connectivity index (χ0) is 92.1. The van der Waals surface area contributed by atoms with Crippen LogP contribution in [0.25, 0.3) is 11.1 Å². The molecule has 0 saturated carbocycles. The molecule has 40 nitrogen and oxygen atoms in total. The van der Waals surface area contributed by atoms with Crippen molar-refractivity contribution in [2.24, 2.45) is 11.7 Å². The molecule has 1 aromatic heterocycles. The highest BCUT2D eigenvalue weighted by atomic mass is 35.5. The fourth-order valence-corrected chi connectivity index (χ4v) is 15.9. The van der Waals surface area contributed by atoms with E-state index in [2.05, 4.69) is 63.7 Å². The van der Waals surface area contributed by atoms with Gasteiger partial charge < -0.3 is 128 Å². The second-order valence-corrected chi connectivity index (χ2v) is 33.0. The molecule has 6 aromatic carbocycles. The third-order valence-electron chi connectivity index (χ3n) is 21.8. The zero-order valence-corrected chi connectivity index (χ0v) is 71.4. The number of aliphatic hydroxyl groups is 6. The summed E-state index contributed by atoms with van der Waals surface area (Å²) in [6, 6.07) is 5.14. The summed E-state index contributed by atoms with van der Waals surface area (Å²) in [6.07, 6.45) is -18.6. The maximum atomic E-state index is 16.3. The number of rotatable bonds is 21. The largest absolute Gasteiger partial charge is 0.508 e. The van der Waals surface area contributed by atoms with Gasteiger partial charge in [0.2, 0.25) is 65.2 Å². The molecule has 22 N–H and O–H groups in total. The number of amides is 10. The van der Waals surface area contributed by atoms with Gasteiger partial charge in [-0.25, -0.2) is 4.79 Å². The van der Waals surface area contributed by atoms with Crippen molar-refractivity contribution in [1.82, 2.24) is 62.9 Å². The molecule has 7 aliphatic heterocycles. The van der Waals surface area contributed by atoms with Crippen LogP contribution in [-0.2, 0) is 75.1 Å². The molecular formula is C83H92Cl4N14O26. The molecule has 127 heavy (non-hydrogen) atoms. The minimum Gasteiger partial charge on any atom is -0.508 e. The topological polar surface area (TPSA) is 601 Å². The lowest BCUT2D eigenvalue weighted by atomic mass is 9.85. The number of benzene rings is 6. The standard InChI is InChI=1S/C83H92Cl4N14O26/c1-7-58(107)99-100-80(120)64-42-28-40(103)29-50(105)61(42)41-23-36(9-13-49(41)104)62-76(116)98-66(79(119)96-64)68(110)38-11-15-52(46(87)25-38)124-54-27-39-26-53(123-51-14-10-37(24-45(51)86)67(109)65(97-74(114)47(89-6)20-33(2)3)78(118)91-48(30-56(88)106)75(115)94-63(39)77(117)95-62)71(54)127-81-72(70(112)69(111)55(32-102)125-81)126-60-31-83(5,73(113)34(4)122-60)90-17-19-101-18-16-57(93-82(101)121)92-59(108)22-35-8-12-43(84)44(85)21-35/h8-16,18,21,23-29,33-34,47-48,55,60,62-70,72-73,81,89-90,102-105,109-113H,7,17,19-20,22,30-32H2,1-6H3,(H2,88,106)(H,91,118)(H,94,115)(H,95,117)(H,96,119)(H,97,114)(H,98,116)(H,99,107)(H,100,120)(H,92,93,108,121)/t34-,47+,48-,55+,60-,62+,63+,64+,65+,66-,67+,68+,69+,70-,72+,73+,81-,83-/m0/s1. The Bertz CT molecular complexity index is 5480. The van der Waals surface area contributed by atoms with Gasteiger partial charge in [-0.15, -0.1) is 0 Å². The number of hydrogen-bond acceptors (Lipinski definition) is 29. The van der Waals surface area contributed by atoms with Crippen LogP contribution in [0, 0.1) is 5.92 Å². The number of phenols is 3. The van der Waals surface area contributed by atoms with Gasteiger partial charge >= 0.3 is 5.69 Å². The number of fused-ring (bicyclic) bond motifs is 15. The molecule has 0 spiro atoms. The molecule has 0 aliphatic carbocycles.